The highest BCUT2D eigenvalue weighted by molar-refractivity contribution is 9.10. The van der Waals surface area contributed by atoms with Crippen molar-refractivity contribution < 1.29 is 9.90 Å². The number of carbonyl (C=O) groups excluding carboxylic acids is 1. The van der Waals surface area contributed by atoms with Gasteiger partial charge in [-0.25, -0.2) is 4.98 Å². The van der Waals surface area contributed by atoms with Crippen LogP contribution >= 0.6 is 27.7 Å². The van der Waals surface area contributed by atoms with Gasteiger partial charge in [0.05, 0.1) is 18.5 Å². The molecular weight excluding hydrogens is 342 g/mol. The van der Waals surface area contributed by atoms with Crippen LogP contribution in [0.4, 0.5) is 0 Å². The Morgan fingerprint density at radius 2 is 2.10 bits per heavy atom. The molecule has 3 N–H and O–H groups in total. The van der Waals surface area contributed by atoms with Crippen molar-refractivity contribution in [2.75, 3.05) is 0 Å². The number of amides is 1. The van der Waals surface area contributed by atoms with Crippen LogP contribution in [0.3, 0.4) is 0 Å². The summed E-state index contributed by atoms with van der Waals surface area (Å²) < 4.78 is 2.68. The molecule has 0 fully saturated rings. The van der Waals surface area contributed by atoms with E-state index in [4.69, 9.17) is 5.73 Å². The summed E-state index contributed by atoms with van der Waals surface area (Å²) in [6.45, 7) is -0.141. The van der Waals surface area contributed by atoms with E-state index in [1.54, 1.807) is 10.8 Å². The normalized spacial score (nSPS) is 10.7. The van der Waals surface area contributed by atoms with E-state index in [0.29, 0.717) is 10.9 Å². The van der Waals surface area contributed by atoms with E-state index < -0.39 is 5.91 Å². The first-order valence-electron chi connectivity index (χ1n) is 5.91. The molecule has 1 aromatic carbocycles. The highest BCUT2D eigenvalue weighted by Gasteiger charge is 2.12. The second-order valence-corrected chi connectivity index (χ2v) is 6.02. The Labute approximate surface area is 129 Å². The molecule has 0 saturated heterocycles. The minimum absolute atomic E-state index is 0.0264. The molecule has 0 unspecified atom stereocenters. The van der Waals surface area contributed by atoms with Gasteiger partial charge in [0, 0.05) is 10.2 Å². The molecule has 106 valence electrons. The first-order chi connectivity index (χ1) is 9.60. The summed E-state index contributed by atoms with van der Waals surface area (Å²) in [6, 6.07) is 7.99. The zero-order valence-corrected chi connectivity index (χ0v) is 13.0. The molecule has 0 radical (unpaired) electrons. The molecule has 1 aromatic heterocycles. The molecule has 5 nitrogen and oxygen atoms in total. The van der Waals surface area contributed by atoms with Crippen LogP contribution in [0, 0.1) is 0 Å². The lowest BCUT2D eigenvalue weighted by Gasteiger charge is -2.08. The summed E-state index contributed by atoms with van der Waals surface area (Å²) in [5.74, 6) is 0.275. The Morgan fingerprint density at radius 1 is 1.40 bits per heavy atom. The number of nitrogens with zero attached hydrogens (tertiary/aromatic N) is 2. The van der Waals surface area contributed by atoms with Crippen molar-refractivity contribution in [3.05, 3.63) is 46.2 Å². The zero-order valence-electron chi connectivity index (χ0n) is 10.6. The van der Waals surface area contributed by atoms with Crippen molar-refractivity contribution in [1.82, 2.24) is 9.55 Å². The van der Waals surface area contributed by atoms with Gasteiger partial charge in [0.25, 0.3) is 0 Å². The van der Waals surface area contributed by atoms with Gasteiger partial charge in [-0.15, -0.1) is 0 Å². The van der Waals surface area contributed by atoms with Gasteiger partial charge in [-0.05, 0) is 17.7 Å². The maximum atomic E-state index is 11.1. The van der Waals surface area contributed by atoms with Crippen molar-refractivity contribution in [3.8, 4) is 0 Å². The van der Waals surface area contributed by atoms with Gasteiger partial charge in [0.1, 0.15) is 6.54 Å². The van der Waals surface area contributed by atoms with Gasteiger partial charge < -0.3 is 15.4 Å². The lowest BCUT2D eigenvalue weighted by Crippen LogP contribution is -2.20. The third-order valence-corrected chi connectivity index (χ3v) is 4.25. The number of aliphatic hydroxyl groups excluding tert-OH is 1. The topological polar surface area (TPSA) is 81.1 Å². The van der Waals surface area contributed by atoms with Crippen LogP contribution in [0.25, 0.3) is 0 Å². The van der Waals surface area contributed by atoms with Crippen molar-refractivity contribution in [3.63, 3.8) is 0 Å². The molecular formula is C13H14BrN3O2S. The van der Waals surface area contributed by atoms with Crippen LogP contribution < -0.4 is 5.73 Å². The maximum absolute atomic E-state index is 11.1. The minimum atomic E-state index is -0.455. The van der Waals surface area contributed by atoms with Crippen molar-refractivity contribution in [2.24, 2.45) is 5.73 Å². The van der Waals surface area contributed by atoms with Crippen molar-refractivity contribution >= 4 is 33.6 Å². The monoisotopic (exact) mass is 355 g/mol. The number of imidazole rings is 1. The van der Waals surface area contributed by atoms with Gasteiger partial charge in [-0.3, -0.25) is 4.79 Å². The first kappa shape index (κ1) is 15.1. The second-order valence-electron chi connectivity index (χ2n) is 4.16. The van der Waals surface area contributed by atoms with Crippen molar-refractivity contribution in [2.45, 2.75) is 24.1 Å². The van der Waals surface area contributed by atoms with E-state index in [9.17, 15) is 9.90 Å². The molecule has 0 spiro atoms. The number of aromatic nitrogens is 2. The molecule has 2 rings (SSSR count). The molecule has 1 heterocycles. The van der Waals surface area contributed by atoms with Crippen LogP contribution in [0.2, 0.25) is 0 Å². The van der Waals surface area contributed by atoms with Crippen LogP contribution in [-0.2, 0) is 23.7 Å². The fourth-order valence-electron chi connectivity index (χ4n) is 1.69. The molecule has 0 saturated carbocycles. The summed E-state index contributed by atoms with van der Waals surface area (Å²) in [7, 11) is 0. The van der Waals surface area contributed by atoms with E-state index in [1.807, 2.05) is 24.3 Å². The van der Waals surface area contributed by atoms with Gasteiger partial charge in [-0.1, -0.05) is 39.8 Å². The van der Waals surface area contributed by atoms with Gasteiger partial charge >= 0.3 is 0 Å². The van der Waals surface area contributed by atoms with Crippen LogP contribution in [-0.4, -0.2) is 20.6 Å². The maximum Gasteiger partial charge on any atom is 0.237 e. The molecule has 1 amide bonds. The van der Waals surface area contributed by atoms with Crippen molar-refractivity contribution in [1.29, 1.82) is 0 Å². The number of halogens is 1. The lowest BCUT2D eigenvalue weighted by atomic mass is 10.2. The number of aliphatic hydroxyl groups is 1. The first-order valence-corrected chi connectivity index (χ1v) is 7.69. The Hall–Kier alpha value is -1.31. The summed E-state index contributed by atoms with van der Waals surface area (Å²) >= 11 is 4.89. The molecule has 0 aliphatic heterocycles. The van der Waals surface area contributed by atoms with E-state index >= 15 is 0 Å². The molecule has 20 heavy (non-hydrogen) atoms. The average molecular weight is 356 g/mol. The molecule has 0 atom stereocenters. The van der Waals surface area contributed by atoms with Gasteiger partial charge in [0.2, 0.25) is 5.91 Å². The highest BCUT2D eigenvalue weighted by atomic mass is 79.9. The largest absolute Gasteiger partial charge is 0.390 e. The van der Waals surface area contributed by atoms with E-state index in [0.717, 1.165) is 15.8 Å². The Balaban J connectivity index is 2.10. The predicted molar refractivity (Wildman–Crippen MR) is 81.0 cm³/mol. The van der Waals surface area contributed by atoms with E-state index in [-0.39, 0.29) is 13.2 Å². The molecule has 0 aliphatic carbocycles. The number of thioether (sulfide) groups is 1. The number of nitrogens with two attached hydrogens (primary N) is 1. The summed E-state index contributed by atoms with van der Waals surface area (Å²) in [6.07, 6.45) is 1.56. The fourth-order valence-corrected chi connectivity index (χ4v) is 2.90. The summed E-state index contributed by atoms with van der Waals surface area (Å²) in [4.78, 5) is 15.3. The Morgan fingerprint density at radius 3 is 2.70 bits per heavy atom. The Bertz CT molecular complexity index is 598. The molecule has 0 bridgehead atoms. The third kappa shape index (κ3) is 3.84. The summed E-state index contributed by atoms with van der Waals surface area (Å²) in [5.41, 5.74) is 6.95. The highest BCUT2D eigenvalue weighted by Crippen LogP contribution is 2.23. The number of primary amides is 1. The number of hydrogen-bond donors (Lipinski definition) is 2. The number of benzene rings is 1. The second kappa shape index (κ2) is 6.92. The average Bonchev–Trinajstić information content (AvgIpc) is 2.79. The van der Waals surface area contributed by atoms with Crippen LogP contribution in [0.15, 0.2) is 40.1 Å². The zero-order chi connectivity index (χ0) is 14.5. The van der Waals surface area contributed by atoms with Gasteiger partial charge in [0.15, 0.2) is 5.16 Å². The Kier molecular flexibility index (Phi) is 5.22. The quantitative estimate of drug-likeness (QED) is 0.775. The number of carbonyl (C=O) groups is 1. The predicted octanol–water partition coefficient (Wildman–Crippen LogP) is 1.92. The standard InChI is InChI=1S/C13H14BrN3O2S/c14-10-3-1-9(2-4-10)8-20-13-16-5-11(7-18)17(13)6-12(15)19/h1-5,18H,6-8H2,(H2,15,19). The van der Waals surface area contributed by atoms with E-state index in [2.05, 4.69) is 20.9 Å². The van der Waals surface area contributed by atoms with Gasteiger partial charge in [-0.2, -0.15) is 0 Å². The minimum Gasteiger partial charge on any atom is -0.390 e. The van der Waals surface area contributed by atoms with Crippen LogP contribution in [0.5, 0.6) is 0 Å². The fraction of sp³-hybridized carbons (Fsp3) is 0.231. The lowest BCUT2D eigenvalue weighted by molar-refractivity contribution is -0.118. The molecule has 0 aliphatic rings. The third-order valence-electron chi connectivity index (χ3n) is 2.66. The molecule has 7 heteroatoms. The number of rotatable bonds is 6. The number of hydrogen-bond acceptors (Lipinski definition) is 4. The summed E-state index contributed by atoms with van der Waals surface area (Å²) in [5, 5.41) is 9.91. The SMILES string of the molecule is NC(=O)Cn1c(CO)cnc1SCc1ccc(Br)cc1. The molecule has 2 aromatic rings. The van der Waals surface area contributed by atoms with Crippen LogP contribution in [0.1, 0.15) is 11.3 Å². The smallest absolute Gasteiger partial charge is 0.237 e. The van der Waals surface area contributed by atoms with E-state index in [1.165, 1.54) is 11.8 Å².